The van der Waals surface area contributed by atoms with E-state index < -0.39 is 5.97 Å². The van der Waals surface area contributed by atoms with Crippen molar-refractivity contribution in [3.05, 3.63) is 45.6 Å². The van der Waals surface area contributed by atoms with Crippen LogP contribution in [0.15, 0.2) is 30.3 Å². The molecule has 0 saturated heterocycles. The van der Waals surface area contributed by atoms with Crippen molar-refractivity contribution in [2.75, 3.05) is 5.32 Å². The minimum absolute atomic E-state index is 0.0189. The van der Waals surface area contributed by atoms with E-state index >= 15 is 0 Å². The summed E-state index contributed by atoms with van der Waals surface area (Å²) in [6.07, 6.45) is 0. The van der Waals surface area contributed by atoms with Crippen LogP contribution in [-0.2, 0) is 0 Å². The van der Waals surface area contributed by atoms with Crippen LogP contribution in [0.5, 0.6) is 0 Å². The Balaban J connectivity index is 2.36. The van der Waals surface area contributed by atoms with Crippen LogP contribution >= 0.6 is 23.8 Å². The third-order valence-corrected chi connectivity index (χ3v) is 2.81. The van der Waals surface area contributed by atoms with E-state index in [0.717, 1.165) is 0 Å². The highest BCUT2D eigenvalue weighted by Crippen LogP contribution is 2.23. The van der Waals surface area contributed by atoms with Crippen molar-refractivity contribution in [2.24, 2.45) is 0 Å². The summed E-state index contributed by atoms with van der Waals surface area (Å²) in [5.41, 5.74) is 0.614. The van der Waals surface area contributed by atoms with Gasteiger partial charge < -0.3 is 10.4 Å². The number of anilines is 2. The van der Waals surface area contributed by atoms with Gasteiger partial charge >= 0.3 is 5.97 Å². The number of nitrogens with one attached hydrogen (secondary N) is 2. The molecule has 0 saturated carbocycles. The van der Waals surface area contributed by atoms with E-state index in [9.17, 15) is 4.79 Å². The van der Waals surface area contributed by atoms with Crippen LogP contribution in [0.1, 0.15) is 10.4 Å². The molecule has 1 aromatic carbocycles. The molecule has 18 heavy (non-hydrogen) atoms. The van der Waals surface area contributed by atoms with Gasteiger partial charge in [0.15, 0.2) is 5.82 Å². The number of carboxylic acid groups (broad SMARTS) is 1. The largest absolute Gasteiger partial charge is 0.478 e. The fourth-order valence-corrected chi connectivity index (χ4v) is 1.70. The minimum atomic E-state index is -1.11. The highest BCUT2D eigenvalue weighted by molar-refractivity contribution is 7.71. The zero-order valence-corrected chi connectivity index (χ0v) is 10.5. The molecule has 1 heterocycles. The maximum absolute atomic E-state index is 10.9. The number of hydrogen-bond donors (Lipinski definition) is 3. The second kappa shape index (κ2) is 5.16. The molecule has 0 aliphatic rings. The molecule has 2 aromatic rings. The van der Waals surface area contributed by atoms with E-state index in [1.165, 1.54) is 6.07 Å². The molecule has 0 radical (unpaired) electrons. The highest BCUT2D eigenvalue weighted by Gasteiger charge is 2.08. The Morgan fingerprint density at radius 1 is 1.44 bits per heavy atom. The zero-order valence-electron chi connectivity index (χ0n) is 8.98. The summed E-state index contributed by atoms with van der Waals surface area (Å²) in [6, 6.07) is 8.42. The Kier molecular flexibility index (Phi) is 3.59. The molecule has 0 fully saturated rings. The molecule has 5 nitrogen and oxygen atoms in total. The van der Waals surface area contributed by atoms with Crippen LogP contribution in [0.3, 0.4) is 0 Å². The molecule has 0 aliphatic carbocycles. The molecular weight excluding hydrogens is 274 g/mol. The molecule has 92 valence electrons. The Bertz CT molecular complexity index is 657. The van der Waals surface area contributed by atoms with Gasteiger partial charge in [-0.1, -0.05) is 36.0 Å². The van der Waals surface area contributed by atoms with Gasteiger partial charge in [-0.3, -0.25) is 5.10 Å². The number of rotatable bonds is 3. The van der Waals surface area contributed by atoms with Gasteiger partial charge in [-0.25, -0.2) is 4.79 Å². The fraction of sp³-hybridized carbons (Fsp3) is 0. The van der Waals surface area contributed by atoms with Gasteiger partial charge in [-0.05, 0) is 12.1 Å². The molecular formula is C11H8ClN3O2S. The quantitative estimate of drug-likeness (QED) is 0.753. The van der Waals surface area contributed by atoms with Gasteiger partial charge in [0.25, 0.3) is 0 Å². The van der Waals surface area contributed by atoms with Crippen molar-refractivity contribution in [1.82, 2.24) is 10.2 Å². The topological polar surface area (TPSA) is 78.0 Å². The van der Waals surface area contributed by atoms with Gasteiger partial charge in [0.2, 0.25) is 0 Å². The molecule has 0 unspecified atom stereocenters. The van der Waals surface area contributed by atoms with Crippen LogP contribution in [0, 0.1) is 4.64 Å². The predicted molar refractivity (Wildman–Crippen MR) is 71.1 cm³/mol. The average Bonchev–Trinajstić information content (AvgIpc) is 2.34. The number of hydrogen-bond acceptors (Lipinski definition) is 4. The van der Waals surface area contributed by atoms with E-state index in [0.29, 0.717) is 16.5 Å². The molecule has 0 spiro atoms. The van der Waals surface area contributed by atoms with E-state index in [2.05, 4.69) is 15.5 Å². The predicted octanol–water partition coefficient (Wildman–Crippen LogP) is 3.23. The molecule has 1 aromatic heterocycles. The summed E-state index contributed by atoms with van der Waals surface area (Å²) in [6.45, 7) is 0. The molecule has 0 amide bonds. The van der Waals surface area contributed by atoms with E-state index in [4.69, 9.17) is 28.9 Å². The van der Waals surface area contributed by atoms with Crippen LogP contribution in [-0.4, -0.2) is 21.3 Å². The van der Waals surface area contributed by atoms with Crippen LogP contribution in [0.4, 0.5) is 11.5 Å². The number of H-pyrrole nitrogens is 1. The van der Waals surface area contributed by atoms with Crippen LogP contribution in [0.25, 0.3) is 0 Å². The number of para-hydroxylation sites is 1. The summed E-state index contributed by atoms with van der Waals surface area (Å²) >= 11 is 10.8. The number of carboxylic acids is 1. The SMILES string of the molecule is O=C(O)c1cc(Nc2ccccc2Cl)n[nH]c1=S. The number of benzene rings is 1. The van der Waals surface area contributed by atoms with E-state index in [1.54, 1.807) is 24.3 Å². The monoisotopic (exact) mass is 281 g/mol. The lowest BCUT2D eigenvalue weighted by Crippen LogP contribution is -2.03. The van der Waals surface area contributed by atoms with Crippen molar-refractivity contribution in [2.45, 2.75) is 0 Å². The molecule has 2 rings (SSSR count). The van der Waals surface area contributed by atoms with Gasteiger partial charge in [0, 0.05) is 6.07 Å². The first-order valence-corrected chi connectivity index (χ1v) is 5.71. The van der Waals surface area contributed by atoms with Gasteiger partial charge in [-0.15, -0.1) is 0 Å². The molecule has 3 N–H and O–H groups in total. The first-order chi connectivity index (χ1) is 8.58. The van der Waals surface area contributed by atoms with Crippen molar-refractivity contribution >= 4 is 41.3 Å². The first-order valence-electron chi connectivity index (χ1n) is 4.92. The summed E-state index contributed by atoms with van der Waals surface area (Å²) in [5, 5.41) is 18.7. The Morgan fingerprint density at radius 2 is 2.17 bits per heavy atom. The lowest BCUT2D eigenvalue weighted by molar-refractivity contribution is 0.0695. The maximum atomic E-state index is 10.9. The zero-order chi connectivity index (χ0) is 13.1. The molecule has 0 bridgehead atoms. The smallest absolute Gasteiger partial charge is 0.338 e. The molecule has 7 heteroatoms. The number of aromatic amines is 1. The van der Waals surface area contributed by atoms with Crippen LogP contribution in [0.2, 0.25) is 5.02 Å². The summed E-state index contributed by atoms with van der Waals surface area (Å²) in [7, 11) is 0. The third-order valence-electron chi connectivity index (χ3n) is 2.17. The van der Waals surface area contributed by atoms with Crippen molar-refractivity contribution < 1.29 is 9.90 Å². The number of aromatic carboxylic acids is 1. The van der Waals surface area contributed by atoms with Gasteiger partial charge in [0.1, 0.15) is 4.64 Å². The normalized spacial score (nSPS) is 10.1. The lowest BCUT2D eigenvalue weighted by Gasteiger charge is -2.07. The van der Waals surface area contributed by atoms with Crippen molar-refractivity contribution in [3.8, 4) is 0 Å². The average molecular weight is 282 g/mol. The summed E-state index contributed by atoms with van der Waals surface area (Å²) in [5.74, 6) is -0.782. The van der Waals surface area contributed by atoms with Crippen molar-refractivity contribution in [3.63, 3.8) is 0 Å². The summed E-state index contributed by atoms with van der Waals surface area (Å²) in [4.78, 5) is 10.9. The first kappa shape index (κ1) is 12.5. The van der Waals surface area contributed by atoms with Gasteiger partial charge in [0.05, 0.1) is 16.3 Å². The van der Waals surface area contributed by atoms with E-state index in [1.807, 2.05) is 0 Å². The second-order valence-corrected chi connectivity index (χ2v) is 4.22. The van der Waals surface area contributed by atoms with E-state index in [-0.39, 0.29) is 10.2 Å². The fourth-order valence-electron chi connectivity index (χ4n) is 1.33. The minimum Gasteiger partial charge on any atom is -0.478 e. The number of halogens is 1. The van der Waals surface area contributed by atoms with Crippen LogP contribution < -0.4 is 5.32 Å². The lowest BCUT2D eigenvalue weighted by atomic mass is 10.3. The van der Waals surface area contributed by atoms with Crippen molar-refractivity contribution in [1.29, 1.82) is 0 Å². The maximum Gasteiger partial charge on any atom is 0.338 e. The molecule has 0 atom stereocenters. The second-order valence-electron chi connectivity index (χ2n) is 3.41. The standard InChI is InChI=1S/C11H8ClN3O2S/c12-7-3-1-2-4-8(7)13-9-5-6(11(16)17)10(18)15-14-9/h1-5H,(H,13,14)(H,15,18)(H,16,17). The third kappa shape index (κ3) is 2.66. The Labute approximate surface area is 112 Å². The Hall–Kier alpha value is -1.92. The van der Waals surface area contributed by atoms with Gasteiger partial charge in [-0.2, -0.15) is 5.10 Å². The molecule has 0 aliphatic heterocycles. The number of aromatic nitrogens is 2. The Morgan fingerprint density at radius 3 is 2.83 bits per heavy atom. The summed E-state index contributed by atoms with van der Waals surface area (Å²) < 4.78 is 0.0761. The highest BCUT2D eigenvalue weighted by atomic mass is 35.5. The number of nitrogens with zero attached hydrogens (tertiary/aromatic N) is 1. The number of carbonyl (C=O) groups is 1.